The lowest BCUT2D eigenvalue weighted by Crippen LogP contribution is -2.33. The first-order chi connectivity index (χ1) is 7.33. The molecule has 1 aromatic rings. The zero-order valence-electron chi connectivity index (χ0n) is 8.82. The summed E-state index contributed by atoms with van der Waals surface area (Å²) < 4.78 is 0. The van der Waals surface area contributed by atoms with Crippen LogP contribution in [0.15, 0.2) is 6.33 Å². The Hall–Kier alpha value is -1.16. The molecule has 4 heteroatoms. The molecular weight excluding hydrogens is 188 g/mol. The predicted octanol–water partition coefficient (Wildman–Crippen LogP) is 0.827. The number of fused-ring (bicyclic) bond motifs is 1. The summed E-state index contributed by atoms with van der Waals surface area (Å²) in [6.45, 7) is 3.31. The van der Waals surface area contributed by atoms with Gasteiger partial charge in [0.15, 0.2) is 0 Å². The summed E-state index contributed by atoms with van der Waals surface area (Å²) in [4.78, 5) is 10.9. The van der Waals surface area contributed by atoms with Gasteiger partial charge in [0, 0.05) is 25.2 Å². The molecule has 0 spiro atoms. The van der Waals surface area contributed by atoms with Crippen molar-refractivity contribution in [1.29, 1.82) is 0 Å². The monoisotopic (exact) mass is 204 g/mol. The first-order valence-electron chi connectivity index (χ1n) is 5.63. The standard InChI is InChI=1S/C11H16N4/c12-11-9-3-4-15(5-8-1-2-8)6-10(9)13-7-14-11/h7-8H,1-6H2,(H2,12,13,14). The molecular formula is C11H16N4. The number of hydrogen-bond donors (Lipinski definition) is 1. The maximum Gasteiger partial charge on any atom is 0.130 e. The van der Waals surface area contributed by atoms with Crippen molar-refractivity contribution in [2.45, 2.75) is 25.8 Å². The zero-order valence-corrected chi connectivity index (χ0v) is 8.82. The smallest absolute Gasteiger partial charge is 0.130 e. The topological polar surface area (TPSA) is 55.0 Å². The molecule has 0 atom stereocenters. The molecule has 1 fully saturated rings. The Morgan fingerprint density at radius 3 is 3.07 bits per heavy atom. The lowest BCUT2D eigenvalue weighted by molar-refractivity contribution is 0.240. The van der Waals surface area contributed by atoms with Crippen molar-refractivity contribution in [3.8, 4) is 0 Å². The number of nitrogen functional groups attached to an aromatic ring is 1. The van der Waals surface area contributed by atoms with E-state index >= 15 is 0 Å². The molecule has 1 aromatic heterocycles. The van der Waals surface area contributed by atoms with Gasteiger partial charge in [-0.05, 0) is 25.2 Å². The van der Waals surface area contributed by atoms with Crippen molar-refractivity contribution < 1.29 is 0 Å². The third kappa shape index (κ3) is 1.81. The fraction of sp³-hybridized carbons (Fsp3) is 0.636. The van der Waals surface area contributed by atoms with E-state index in [1.165, 1.54) is 24.9 Å². The first-order valence-corrected chi connectivity index (χ1v) is 5.63. The Balaban J connectivity index is 1.77. The molecule has 80 valence electrons. The van der Waals surface area contributed by atoms with Gasteiger partial charge in [0.1, 0.15) is 12.1 Å². The summed E-state index contributed by atoms with van der Waals surface area (Å²) >= 11 is 0. The van der Waals surface area contributed by atoms with Gasteiger partial charge in [-0.25, -0.2) is 9.97 Å². The van der Waals surface area contributed by atoms with E-state index in [1.807, 2.05) is 0 Å². The number of aromatic nitrogens is 2. The molecule has 1 aliphatic carbocycles. The van der Waals surface area contributed by atoms with Crippen LogP contribution in [0, 0.1) is 5.92 Å². The van der Waals surface area contributed by atoms with Crippen molar-refractivity contribution in [3.63, 3.8) is 0 Å². The van der Waals surface area contributed by atoms with E-state index in [2.05, 4.69) is 14.9 Å². The maximum absolute atomic E-state index is 5.83. The highest BCUT2D eigenvalue weighted by Crippen LogP contribution is 2.31. The second-order valence-electron chi connectivity index (χ2n) is 4.61. The minimum Gasteiger partial charge on any atom is -0.383 e. The van der Waals surface area contributed by atoms with Crippen molar-refractivity contribution >= 4 is 5.82 Å². The molecule has 0 radical (unpaired) electrons. The molecule has 1 saturated carbocycles. The van der Waals surface area contributed by atoms with Gasteiger partial charge in [0.2, 0.25) is 0 Å². The number of rotatable bonds is 2. The van der Waals surface area contributed by atoms with Gasteiger partial charge in [0.25, 0.3) is 0 Å². The highest BCUT2D eigenvalue weighted by Gasteiger charge is 2.27. The van der Waals surface area contributed by atoms with Crippen molar-refractivity contribution in [1.82, 2.24) is 14.9 Å². The predicted molar refractivity (Wildman–Crippen MR) is 58.1 cm³/mol. The van der Waals surface area contributed by atoms with Gasteiger partial charge >= 0.3 is 0 Å². The third-order valence-electron chi connectivity index (χ3n) is 3.33. The van der Waals surface area contributed by atoms with Gasteiger partial charge in [0.05, 0.1) is 5.69 Å². The molecule has 0 amide bonds. The Kier molecular flexibility index (Phi) is 2.09. The van der Waals surface area contributed by atoms with Crippen LogP contribution in [-0.2, 0) is 13.0 Å². The maximum atomic E-state index is 5.83. The Labute approximate surface area is 89.5 Å². The summed E-state index contributed by atoms with van der Waals surface area (Å²) in [5.41, 5.74) is 8.14. The molecule has 0 unspecified atom stereocenters. The van der Waals surface area contributed by atoms with Crippen molar-refractivity contribution in [2.24, 2.45) is 5.92 Å². The number of hydrogen-bond acceptors (Lipinski definition) is 4. The van der Waals surface area contributed by atoms with E-state index in [-0.39, 0.29) is 0 Å². The van der Waals surface area contributed by atoms with Crippen LogP contribution < -0.4 is 5.73 Å². The van der Waals surface area contributed by atoms with E-state index in [4.69, 9.17) is 5.73 Å². The van der Waals surface area contributed by atoms with E-state index in [9.17, 15) is 0 Å². The molecule has 0 saturated heterocycles. The highest BCUT2D eigenvalue weighted by molar-refractivity contribution is 5.42. The van der Waals surface area contributed by atoms with E-state index in [0.717, 1.165) is 31.1 Å². The lowest BCUT2D eigenvalue weighted by atomic mass is 10.1. The average molecular weight is 204 g/mol. The molecule has 1 aliphatic heterocycles. The molecule has 0 aromatic carbocycles. The zero-order chi connectivity index (χ0) is 10.3. The summed E-state index contributed by atoms with van der Waals surface area (Å²) in [5, 5.41) is 0. The quantitative estimate of drug-likeness (QED) is 0.775. The number of nitrogens with zero attached hydrogens (tertiary/aromatic N) is 3. The fourth-order valence-corrected chi connectivity index (χ4v) is 2.26. The van der Waals surface area contributed by atoms with Crippen LogP contribution >= 0.6 is 0 Å². The lowest BCUT2D eigenvalue weighted by Gasteiger charge is -2.28. The van der Waals surface area contributed by atoms with Crippen LogP contribution in [0.2, 0.25) is 0 Å². The number of nitrogens with two attached hydrogens (primary N) is 1. The first kappa shape index (κ1) is 9.09. The van der Waals surface area contributed by atoms with Crippen LogP contribution in [-0.4, -0.2) is 28.0 Å². The third-order valence-corrected chi connectivity index (χ3v) is 3.33. The Morgan fingerprint density at radius 2 is 2.27 bits per heavy atom. The normalized spacial score (nSPS) is 21.3. The van der Waals surface area contributed by atoms with E-state index in [1.54, 1.807) is 6.33 Å². The average Bonchev–Trinajstić information content (AvgIpc) is 3.02. The van der Waals surface area contributed by atoms with Gasteiger partial charge in [-0.15, -0.1) is 0 Å². The van der Waals surface area contributed by atoms with Crippen LogP contribution in [0.1, 0.15) is 24.1 Å². The summed E-state index contributed by atoms with van der Waals surface area (Å²) in [5.74, 6) is 1.62. The number of anilines is 1. The van der Waals surface area contributed by atoms with Crippen LogP contribution in [0.25, 0.3) is 0 Å². The minimum atomic E-state index is 0.672. The minimum absolute atomic E-state index is 0.672. The van der Waals surface area contributed by atoms with E-state index < -0.39 is 0 Å². The summed E-state index contributed by atoms with van der Waals surface area (Å²) in [6.07, 6.45) is 5.41. The molecule has 0 bridgehead atoms. The molecule has 2 heterocycles. The van der Waals surface area contributed by atoms with Gasteiger partial charge < -0.3 is 5.73 Å². The molecule has 3 rings (SSSR count). The Bertz CT molecular complexity index is 373. The van der Waals surface area contributed by atoms with E-state index in [0.29, 0.717) is 5.82 Å². The molecule has 4 nitrogen and oxygen atoms in total. The van der Waals surface area contributed by atoms with Crippen LogP contribution in [0.3, 0.4) is 0 Å². The second kappa shape index (κ2) is 3.45. The second-order valence-corrected chi connectivity index (χ2v) is 4.61. The van der Waals surface area contributed by atoms with Gasteiger partial charge in [-0.2, -0.15) is 0 Å². The molecule has 2 aliphatic rings. The summed E-state index contributed by atoms with van der Waals surface area (Å²) in [7, 11) is 0. The molecule has 15 heavy (non-hydrogen) atoms. The SMILES string of the molecule is Nc1ncnc2c1CCN(CC1CC1)C2. The van der Waals surface area contributed by atoms with Gasteiger partial charge in [-0.1, -0.05) is 0 Å². The van der Waals surface area contributed by atoms with Crippen LogP contribution in [0.4, 0.5) is 5.82 Å². The Morgan fingerprint density at radius 1 is 1.40 bits per heavy atom. The van der Waals surface area contributed by atoms with Crippen LogP contribution in [0.5, 0.6) is 0 Å². The van der Waals surface area contributed by atoms with Gasteiger partial charge in [-0.3, -0.25) is 4.90 Å². The molecule has 2 N–H and O–H groups in total. The summed E-state index contributed by atoms with van der Waals surface area (Å²) in [6, 6.07) is 0. The highest BCUT2D eigenvalue weighted by atomic mass is 15.1. The fourth-order valence-electron chi connectivity index (χ4n) is 2.26. The van der Waals surface area contributed by atoms with Crippen molar-refractivity contribution in [3.05, 3.63) is 17.6 Å². The van der Waals surface area contributed by atoms with Crippen molar-refractivity contribution in [2.75, 3.05) is 18.8 Å². The largest absolute Gasteiger partial charge is 0.383 e.